The quantitative estimate of drug-likeness (QED) is 0.658. The predicted molar refractivity (Wildman–Crippen MR) is 112 cm³/mol. The lowest BCUT2D eigenvalue weighted by Crippen LogP contribution is -2.43. The minimum absolute atomic E-state index is 0.0141. The van der Waals surface area contributed by atoms with Crippen molar-refractivity contribution in [1.82, 2.24) is 19.8 Å². The van der Waals surface area contributed by atoms with E-state index < -0.39 is 0 Å². The van der Waals surface area contributed by atoms with Gasteiger partial charge in [-0.1, -0.05) is 36.4 Å². The largest absolute Gasteiger partial charge is 0.356 e. The van der Waals surface area contributed by atoms with Crippen LogP contribution in [0, 0.1) is 5.92 Å². The third kappa shape index (κ3) is 4.47. The van der Waals surface area contributed by atoms with Gasteiger partial charge in [-0.15, -0.1) is 0 Å². The summed E-state index contributed by atoms with van der Waals surface area (Å²) in [5.74, 6) is 0.147. The SMILES string of the molecule is O=C(NCCCn1ccnc1)C1CCN(C(=O)c2cccc3ccccc23)CC1. The number of nitrogens with one attached hydrogen (secondary N) is 1. The van der Waals surface area contributed by atoms with Gasteiger partial charge >= 0.3 is 0 Å². The third-order valence-corrected chi connectivity index (χ3v) is 5.62. The van der Waals surface area contributed by atoms with Crippen LogP contribution in [-0.4, -0.2) is 45.9 Å². The molecule has 2 amide bonds. The van der Waals surface area contributed by atoms with Crippen LogP contribution in [0.5, 0.6) is 0 Å². The second kappa shape index (κ2) is 8.90. The first-order valence-electron chi connectivity index (χ1n) is 10.2. The highest BCUT2D eigenvalue weighted by molar-refractivity contribution is 6.07. The van der Waals surface area contributed by atoms with E-state index in [-0.39, 0.29) is 17.7 Å². The molecule has 0 radical (unpaired) electrons. The molecule has 1 fully saturated rings. The summed E-state index contributed by atoms with van der Waals surface area (Å²) in [6.07, 6.45) is 7.76. The summed E-state index contributed by atoms with van der Waals surface area (Å²) < 4.78 is 2.00. The fourth-order valence-corrected chi connectivity index (χ4v) is 3.96. The van der Waals surface area contributed by atoms with Crippen LogP contribution in [0.2, 0.25) is 0 Å². The molecule has 1 aliphatic rings. The molecule has 6 nitrogen and oxygen atoms in total. The fraction of sp³-hybridized carbons (Fsp3) is 0.348. The first-order chi connectivity index (χ1) is 14.2. The van der Waals surface area contributed by atoms with E-state index in [1.165, 1.54) is 0 Å². The van der Waals surface area contributed by atoms with Gasteiger partial charge in [-0.2, -0.15) is 0 Å². The molecule has 2 aromatic carbocycles. The number of imidazole rings is 1. The summed E-state index contributed by atoms with van der Waals surface area (Å²) in [6, 6.07) is 13.8. The molecule has 0 unspecified atom stereocenters. The maximum Gasteiger partial charge on any atom is 0.254 e. The van der Waals surface area contributed by atoms with E-state index in [4.69, 9.17) is 0 Å². The van der Waals surface area contributed by atoms with E-state index in [0.29, 0.717) is 32.5 Å². The van der Waals surface area contributed by atoms with Crippen LogP contribution in [-0.2, 0) is 11.3 Å². The van der Waals surface area contributed by atoms with Gasteiger partial charge in [0.05, 0.1) is 6.33 Å². The summed E-state index contributed by atoms with van der Waals surface area (Å²) in [4.78, 5) is 31.4. The molecule has 3 aromatic rings. The molecule has 150 valence electrons. The van der Waals surface area contributed by atoms with E-state index in [1.54, 1.807) is 12.5 Å². The minimum Gasteiger partial charge on any atom is -0.356 e. The molecule has 6 heteroatoms. The normalized spacial score (nSPS) is 14.8. The predicted octanol–water partition coefficient (Wildman–Crippen LogP) is 3.10. The number of hydrogen-bond donors (Lipinski definition) is 1. The topological polar surface area (TPSA) is 67.2 Å². The maximum atomic E-state index is 13.0. The molecule has 0 atom stereocenters. The van der Waals surface area contributed by atoms with Gasteiger partial charge in [0.15, 0.2) is 0 Å². The number of piperidine rings is 1. The van der Waals surface area contributed by atoms with Crippen LogP contribution in [0.1, 0.15) is 29.6 Å². The minimum atomic E-state index is -0.0141. The van der Waals surface area contributed by atoms with Gasteiger partial charge in [-0.05, 0) is 36.1 Å². The van der Waals surface area contributed by atoms with E-state index in [0.717, 1.165) is 29.3 Å². The van der Waals surface area contributed by atoms with Crippen molar-refractivity contribution in [3.05, 3.63) is 66.7 Å². The van der Waals surface area contributed by atoms with Crippen molar-refractivity contribution < 1.29 is 9.59 Å². The van der Waals surface area contributed by atoms with Crippen LogP contribution in [0.15, 0.2) is 61.2 Å². The first kappa shape index (κ1) is 19.2. The number of benzene rings is 2. The van der Waals surface area contributed by atoms with Crippen LogP contribution in [0.25, 0.3) is 10.8 Å². The van der Waals surface area contributed by atoms with Gasteiger partial charge in [0.1, 0.15) is 0 Å². The summed E-state index contributed by atoms with van der Waals surface area (Å²) in [5.41, 5.74) is 0.741. The molecule has 0 spiro atoms. The Labute approximate surface area is 170 Å². The van der Waals surface area contributed by atoms with Crippen molar-refractivity contribution in [2.24, 2.45) is 5.92 Å². The smallest absolute Gasteiger partial charge is 0.254 e. The second-order valence-corrected chi connectivity index (χ2v) is 7.54. The highest BCUT2D eigenvalue weighted by Crippen LogP contribution is 2.23. The molecular weight excluding hydrogens is 364 g/mol. The van der Waals surface area contributed by atoms with E-state index in [2.05, 4.69) is 10.3 Å². The lowest BCUT2D eigenvalue weighted by Gasteiger charge is -2.31. The van der Waals surface area contributed by atoms with E-state index in [9.17, 15) is 9.59 Å². The lowest BCUT2D eigenvalue weighted by molar-refractivity contribution is -0.126. The van der Waals surface area contributed by atoms with Crippen molar-refractivity contribution in [3.8, 4) is 0 Å². The van der Waals surface area contributed by atoms with Crippen LogP contribution in [0.4, 0.5) is 0 Å². The zero-order valence-electron chi connectivity index (χ0n) is 16.5. The molecule has 0 saturated carbocycles. The monoisotopic (exact) mass is 390 g/mol. The zero-order valence-corrected chi connectivity index (χ0v) is 16.5. The molecule has 29 heavy (non-hydrogen) atoms. The van der Waals surface area contributed by atoms with Gasteiger partial charge in [0.2, 0.25) is 5.91 Å². The number of hydrogen-bond acceptors (Lipinski definition) is 3. The molecule has 1 aromatic heterocycles. The molecule has 0 aliphatic carbocycles. The first-order valence-corrected chi connectivity index (χ1v) is 10.2. The number of nitrogens with zero attached hydrogens (tertiary/aromatic N) is 3. The average molecular weight is 390 g/mol. The molecule has 1 saturated heterocycles. The van der Waals surface area contributed by atoms with Crippen LogP contribution in [0.3, 0.4) is 0 Å². The van der Waals surface area contributed by atoms with Crippen molar-refractivity contribution in [2.45, 2.75) is 25.8 Å². The van der Waals surface area contributed by atoms with Crippen molar-refractivity contribution in [3.63, 3.8) is 0 Å². The zero-order chi connectivity index (χ0) is 20.1. The van der Waals surface area contributed by atoms with Crippen molar-refractivity contribution >= 4 is 22.6 Å². The summed E-state index contributed by atoms with van der Waals surface area (Å²) in [7, 11) is 0. The number of carbonyl (C=O) groups excluding carboxylic acids is 2. The molecular formula is C23H26N4O2. The molecule has 2 heterocycles. The second-order valence-electron chi connectivity index (χ2n) is 7.54. The maximum absolute atomic E-state index is 13.0. The standard InChI is InChI=1S/C23H26N4O2/c28-22(25-11-4-13-26-16-12-24-17-26)19-9-14-27(15-10-19)23(29)21-8-3-6-18-5-1-2-7-20(18)21/h1-3,5-8,12,16-17,19H,4,9-11,13-15H2,(H,25,28). The number of carbonyl (C=O) groups is 2. The fourth-order valence-electron chi connectivity index (χ4n) is 3.96. The van der Waals surface area contributed by atoms with Crippen molar-refractivity contribution in [1.29, 1.82) is 0 Å². The Bertz CT molecular complexity index is 970. The van der Waals surface area contributed by atoms with Gasteiger partial charge in [-0.3, -0.25) is 9.59 Å². The Hall–Kier alpha value is -3.15. The number of likely N-dealkylation sites (tertiary alicyclic amines) is 1. The number of aryl methyl sites for hydroxylation is 1. The van der Waals surface area contributed by atoms with Gasteiger partial charge < -0.3 is 14.8 Å². The number of amides is 2. The van der Waals surface area contributed by atoms with Crippen LogP contribution < -0.4 is 5.32 Å². The van der Waals surface area contributed by atoms with Gasteiger partial charge in [-0.25, -0.2) is 4.98 Å². The third-order valence-electron chi connectivity index (χ3n) is 5.62. The highest BCUT2D eigenvalue weighted by atomic mass is 16.2. The Balaban J connectivity index is 1.27. The molecule has 0 bridgehead atoms. The summed E-state index contributed by atoms with van der Waals surface area (Å²) in [5, 5.41) is 5.10. The number of rotatable bonds is 6. The van der Waals surface area contributed by atoms with Gasteiger partial charge in [0, 0.05) is 50.1 Å². The molecule has 4 rings (SSSR count). The Morgan fingerprint density at radius 1 is 1.07 bits per heavy atom. The van der Waals surface area contributed by atoms with Crippen molar-refractivity contribution in [2.75, 3.05) is 19.6 Å². The number of fused-ring (bicyclic) bond motifs is 1. The highest BCUT2D eigenvalue weighted by Gasteiger charge is 2.28. The van der Waals surface area contributed by atoms with Crippen LogP contribution >= 0.6 is 0 Å². The Morgan fingerprint density at radius 3 is 2.66 bits per heavy atom. The Morgan fingerprint density at radius 2 is 1.86 bits per heavy atom. The molecule has 1 N–H and O–H groups in total. The Kier molecular flexibility index (Phi) is 5.89. The average Bonchev–Trinajstić information content (AvgIpc) is 3.29. The molecule has 1 aliphatic heterocycles. The lowest BCUT2D eigenvalue weighted by atomic mass is 9.94. The summed E-state index contributed by atoms with van der Waals surface area (Å²) in [6.45, 7) is 2.74. The van der Waals surface area contributed by atoms with E-state index in [1.807, 2.05) is 58.1 Å². The summed E-state index contributed by atoms with van der Waals surface area (Å²) >= 11 is 0. The number of aromatic nitrogens is 2. The van der Waals surface area contributed by atoms with Gasteiger partial charge in [0.25, 0.3) is 5.91 Å². The van der Waals surface area contributed by atoms with E-state index >= 15 is 0 Å².